The number of rotatable bonds is 44. The van der Waals surface area contributed by atoms with Gasteiger partial charge in [-0.05, 0) is 194 Å². The van der Waals surface area contributed by atoms with Gasteiger partial charge in [0.15, 0.2) is 0 Å². The zero-order chi connectivity index (χ0) is 87.9. The maximum atomic E-state index is 9.34. The molecule has 652 valence electrons. The second kappa shape index (κ2) is 45.2. The first-order valence-corrected chi connectivity index (χ1v) is 42.6. The van der Waals surface area contributed by atoms with Crippen molar-refractivity contribution in [3.8, 4) is 0 Å². The predicted octanol–water partition coefficient (Wildman–Crippen LogP) is 14.8. The molecule has 32 nitrogen and oxygen atoms in total. The van der Waals surface area contributed by atoms with Crippen molar-refractivity contribution in [1.82, 2.24) is 27.4 Å². The van der Waals surface area contributed by atoms with E-state index in [0.717, 1.165) is 193 Å². The minimum Gasteiger partial charge on any atom is -0.395 e. The van der Waals surface area contributed by atoms with Gasteiger partial charge in [-0.25, -0.2) is 54.8 Å². The Hall–Kier alpha value is -14.3. The van der Waals surface area contributed by atoms with Crippen LogP contribution in [0.15, 0.2) is 322 Å². The number of nitrogens with one attached hydrogen (secondary N) is 4. The maximum Gasteiger partial charge on any atom is 0.421 e. The number of hydrogen-bond acceptors (Lipinski definition) is 20. The zero-order valence-electron chi connectivity index (χ0n) is 73.2. The van der Waals surface area contributed by atoms with E-state index in [1.807, 2.05) is 267 Å². The molecule has 6 aromatic heterocycles. The van der Waals surface area contributed by atoms with Gasteiger partial charge in [0.25, 0.3) is 0 Å². The minimum atomic E-state index is 0.0262. The number of azo groups is 4. The van der Waals surface area contributed by atoms with E-state index in [1.54, 1.807) is 0 Å². The number of nitrogens with zero attached hydrogens (tertiary/aromatic N) is 24. The van der Waals surface area contributed by atoms with Gasteiger partial charge in [-0.1, -0.05) is 20.5 Å². The topological polar surface area (TPSA) is 294 Å². The number of imidazole rings is 6. The first-order valence-electron chi connectivity index (χ1n) is 42.6. The van der Waals surface area contributed by atoms with Crippen molar-refractivity contribution in [3.05, 3.63) is 281 Å². The third-order valence-electron chi connectivity index (χ3n) is 21.3. The molecular formula is C94H118N28O4+6. The number of aromatic nitrogens is 12. The van der Waals surface area contributed by atoms with E-state index >= 15 is 0 Å². The summed E-state index contributed by atoms with van der Waals surface area (Å²) in [5.74, 6) is 3.15. The van der Waals surface area contributed by atoms with Gasteiger partial charge >= 0.3 is 23.8 Å². The Morgan fingerprint density at radius 1 is 0.270 bits per heavy atom. The third kappa shape index (κ3) is 25.9. The summed E-state index contributed by atoms with van der Waals surface area (Å²) in [6, 6.07) is 64.1. The highest BCUT2D eigenvalue weighted by molar-refractivity contribution is 5.68. The number of aryl methyl sites for hydroxylation is 12. The van der Waals surface area contributed by atoms with Crippen molar-refractivity contribution in [3.63, 3.8) is 0 Å². The van der Waals surface area contributed by atoms with Crippen molar-refractivity contribution in [2.45, 2.75) is 78.0 Å². The molecule has 0 aliphatic heterocycles. The summed E-state index contributed by atoms with van der Waals surface area (Å²) in [4.78, 5) is 8.06. The molecule has 8 N–H and O–H groups in total. The molecule has 6 heterocycles. The number of anilines is 12. The monoisotopic (exact) mass is 1700 g/mol. The van der Waals surface area contributed by atoms with Gasteiger partial charge < -0.3 is 61.3 Å². The van der Waals surface area contributed by atoms with E-state index in [1.165, 1.54) is 0 Å². The average molecular weight is 1700 g/mol. The summed E-state index contributed by atoms with van der Waals surface area (Å²) in [6.07, 6.45) is 32.9. The first-order chi connectivity index (χ1) is 61.5. The van der Waals surface area contributed by atoms with E-state index in [9.17, 15) is 20.4 Å². The van der Waals surface area contributed by atoms with E-state index < -0.39 is 0 Å². The van der Waals surface area contributed by atoms with Gasteiger partial charge in [0, 0.05) is 169 Å². The van der Waals surface area contributed by atoms with Crippen LogP contribution < -0.4 is 68.3 Å². The van der Waals surface area contributed by atoms with Crippen LogP contribution in [0.25, 0.3) is 0 Å². The molecule has 0 unspecified atom stereocenters. The van der Waals surface area contributed by atoms with Crippen molar-refractivity contribution in [2.75, 3.05) is 122 Å². The van der Waals surface area contributed by atoms with E-state index in [4.69, 9.17) is 0 Å². The van der Waals surface area contributed by atoms with Crippen LogP contribution in [0.3, 0.4) is 0 Å². The van der Waals surface area contributed by atoms with Crippen LogP contribution in [-0.4, -0.2) is 129 Å². The van der Waals surface area contributed by atoms with Crippen LogP contribution in [-0.2, 0) is 80.5 Å². The van der Waals surface area contributed by atoms with Crippen LogP contribution in [0.2, 0.25) is 0 Å². The van der Waals surface area contributed by atoms with E-state index in [-0.39, 0.29) is 26.4 Å². The summed E-state index contributed by atoms with van der Waals surface area (Å²) in [6.45, 7) is 8.76. The molecule has 0 atom stereocenters. The Kier molecular flexibility index (Phi) is 32.0. The Morgan fingerprint density at radius 2 is 0.500 bits per heavy atom. The standard InChI is InChI=1S/C49H61N14O4.C45H53N14/c1-56-25-29-62(48(56)54-52-44-9-5-40(6-10-44)50-42-13-17-46(18-14-42)60(31-35-64)32-36-65)23-3-21-58-27-28-59(39-58)22-4-24-63-30-26-57(2)49(63)55-53-45-11-7-41(8-12-45)51-43-15-19-47(20-16-43)61(33-37-66)34-38-67;1-52(2)42-21-17-38(18-22-42)46-36-9-13-40(14-10-36)48-50-44-54(5)29-33-58(44)27-7-25-56-31-32-57(35-56)26-8-28-59-34-30-55(6)45(59)51-49-41-15-11-37(12-16-41)47-39-19-23-43(24-20-39)53(3)4/h5-20,25-30,39,64-67H,3-4,21-24,31-38H2,1-2H3;9-24,29-35H,7-8,25-28H2,1-6H3/q2*+1/p+4. The molecule has 0 aliphatic rings. The molecule has 0 saturated heterocycles. The summed E-state index contributed by atoms with van der Waals surface area (Å²) < 4.78 is 25.4. The molecule has 0 saturated carbocycles. The Bertz CT molecular complexity index is 5430. The lowest BCUT2D eigenvalue weighted by atomic mass is 10.2. The fourth-order valence-electron chi connectivity index (χ4n) is 14.3. The molecule has 0 bridgehead atoms. The van der Waals surface area contributed by atoms with Gasteiger partial charge in [0.1, 0.15) is 47.5 Å². The third-order valence-corrected chi connectivity index (χ3v) is 21.3. The van der Waals surface area contributed by atoms with Gasteiger partial charge in [-0.15, -0.1) is 0 Å². The molecule has 32 heteroatoms. The predicted molar refractivity (Wildman–Crippen MR) is 493 cm³/mol. The minimum absolute atomic E-state index is 0.0262. The van der Waals surface area contributed by atoms with Crippen LogP contribution in [0.1, 0.15) is 25.7 Å². The molecule has 0 aliphatic carbocycles. The number of aliphatic hydroxyl groups is 4. The van der Waals surface area contributed by atoms with Crippen molar-refractivity contribution in [1.29, 1.82) is 0 Å². The largest absolute Gasteiger partial charge is 0.421 e. The molecular weight excluding hydrogens is 1590 g/mol. The summed E-state index contributed by atoms with van der Waals surface area (Å²) in [5, 5.41) is 87.7. The van der Waals surface area contributed by atoms with E-state index in [0.29, 0.717) is 26.2 Å². The highest BCUT2D eigenvalue weighted by Gasteiger charge is 2.21. The average Bonchev–Trinajstić information content (AvgIpc) is 1.45. The molecule has 0 amide bonds. The van der Waals surface area contributed by atoms with Gasteiger partial charge in [0.05, 0.1) is 157 Å². The Labute approximate surface area is 736 Å². The smallest absolute Gasteiger partial charge is 0.395 e. The lowest BCUT2D eigenvalue weighted by Gasteiger charge is -2.23. The lowest BCUT2D eigenvalue weighted by molar-refractivity contribution is -0.697. The fraction of sp³-hybridized carbons (Fsp3) is 0.298. The first kappa shape index (κ1) is 89.4. The van der Waals surface area contributed by atoms with E-state index in [2.05, 4.69) is 207 Å². The Balaban J connectivity index is 0.000000218. The molecule has 0 radical (unpaired) electrons. The summed E-state index contributed by atoms with van der Waals surface area (Å²) in [7, 11) is 16.1. The number of hydrogen-bond donors (Lipinski definition) is 8. The quantitative estimate of drug-likeness (QED) is 0.0131. The maximum absolute atomic E-state index is 9.34. The second-order valence-electron chi connectivity index (χ2n) is 31.1. The van der Waals surface area contributed by atoms with Crippen LogP contribution in [0, 0.1) is 0 Å². The Morgan fingerprint density at radius 3 is 0.738 bits per heavy atom. The molecule has 14 aromatic rings. The SMILES string of the molecule is CN(C)c1ccc(Nc2ccc(N=Nc3n(CCCn4cc[n+](CCCn5cc[n+](C)c5N=Nc5ccc(Nc6ccc(N(C)C)cc6)cc5)c4)cc[n+]3C)cc2)cc1.C[n+]1ccn(CCCn2cc[n+](CCCn3cc[n+](C)c3N=Nc3ccc(Nc4ccc(N(CCO)CCO)cc4)cc3)c2)c1N=Nc1ccc(Nc2ccc(N(CCO)CCO)cc2)cc1. The number of aliphatic hydroxyl groups excluding tert-OH is 4. The summed E-state index contributed by atoms with van der Waals surface area (Å²) in [5.41, 5.74) is 15.1. The molecule has 14 rings (SSSR count). The van der Waals surface area contributed by atoms with Crippen molar-refractivity contribution in [2.24, 2.45) is 69.1 Å². The zero-order valence-corrected chi connectivity index (χ0v) is 73.2. The lowest BCUT2D eigenvalue weighted by Crippen LogP contribution is -2.32. The molecule has 8 aromatic carbocycles. The van der Waals surface area contributed by atoms with Crippen molar-refractivity contribution >= 4 is 115 Å². The highest BCUT2D eigenvalue weighted by Crippen LogP contribution is 2.30. The van der Waals surface area contributed by atoms with Gasteiger partial charge in [0.2, 0.25) is 12.7 Å². The molecule has 0 fully saturated rings. The second-order valence-corrected chi connectivity index (χ2v) is 31.1. The fourth-order valence-corrected chi connectivity index (χ4v) is 14.3. The summed E-state index contributed by atoms with van der Waals surface area (Å²) >= 11 is 0. The van der Waals surface area contributed by atoms with Crippen molar-refractivity contribution < 1.29 is 47.8 Å². The van der Waals surface area contributed by atoms with Crippen LogP contribution in [0.5, 0.6) is 0 Å². The molecule has 0 spiro atoms. The molecule has 126 heavy (non-hydrogen) atoms. The highest BCUT2D eigenvalue weighted by atomic mass is 16.3. The van der Waals surface area contributed by atoms with Gasteiger partial charge in [-0.2, -0.15) is 0 Å². The number of benzene rings is 8. The van der Waals surface area contributed by atoms with Crippen LogP contribution in [0.4, 0.5) is 115 Å². The van der Waals surface area contributed by atoms with Gasteiger partial charge in [-0.3, -0.25) is 0 Å². The van der Waals surface area contributed by atoms with Crippen LogP contribution >= 0.6 is 0 Å². The normalized spacial score (nSPS) is 11.5.